The fourth-order valence-electron chi connectivity index (χ4n) is 5.04. The Hall–Kier alpha value is -2.42. The summed E-state index contributed by atoms with van der Waals surface area (Å²) in [4.78, 5) is 48.4. The second-order valence-electron chi connectivity index (χ2n) is 12.2. The van der Waals surface area contributed by atoms with E-state index in [1.807, 2.05) is 0 Å². The minimum Gasteiger partial charge on any atom is -0.462 e. The van der Waals surface area contributed by atoms with E-state index in [2.05, 4.69) is 18.6 Å². The fraction of sp³-hybridized carbons (Fsp3) is 0.838. The van der Waals surface area contributed by atoms with Crippen LogP contribution in [0.4, 0.5) is 0 Å². The Morgan fingerprint density at radius 2 is 0.870 bits per heavy atom. The first kappa shape index (κ1) is 43.6. The maximum absolute atomic E-state index is 12.5. The number of carbonyl (C=O) groups excluding carboxylic acids is 4. The molecule has 0 radical (unpaired) electrons. The van der Waals surface area contributed by atoms with E-state index in [9.17, 15) is 19.2 Å². The predicted molar refractivity (Wildman–Crippen MR) is 181 cm³/mol. The third-order valence-corrected chi connectivity index (χ3v) is 7.80. The van der Waals surface area contributed by atoms with E-state index in [1.54, 1.807) is 0 Å². The van der Waals surface area contributed by atoms with E-state index in [1.165, 1.54) is 96.3 Å². The molecule has 46 heavy (non-hydrogen) atoms. The van der Waals surface area contributed by atoms with Crippen molar-refractivity contribution < 1.29 is 43.2 Å². The van der Waals surface area contributed by atoms with Crippen LogP contribution in [-0.4, -0.2) is 61.5 Å². The van der Waals surface area contributed by atoms with E-state index in [4.69, 9.17) is 19.3 Å². The molecule has 0 rings (SSSR count). The number of aliphatic hydroxyl groups is 1. The molecule has 0 aromatic carbocycles. The first-order valence-corrected chi connectivity index (χ1v) is 18.4. The van der Waals surface area contributed by atoms with Crippen LogP contribution >= 0.6 is 0 Å². The van der Waals surface area contributed by atoms with Crippen LogP contribution < -0.4 is 0 Å². The van der Waals surface area contributed by atoms with Crippen LogP contribution in [0.1, 0.15) is 168 Å². The lowest BCUT2D eigenvalue weighted by atomic mass is 10.1. The first-order valence-electron chi connectivity index (χ1n) is 18.4. The van der Waals surface area contributed by atoms with Gasteiger partial charge >= 0.3 is 23.9 Å². The van der Waals surface area contributed by atoms with Crippen molar-refractivity contribution >= 4 is 23.9 Å². The van der Waals surface area contributed by atoms with E-state index in [0.29, 0.717) is 6.42 Å². The molecule has 0 aliphatic carbocycles. The zero-order valence-corrected chi connectivity index (χ0v) is 29.2. The Kier molecular flexibility index (Phi) is 32.1. The van der Waals surface area contributed by atoms with E-state index < -0.39 is 24.0 Å². The number of aliphatic hydroxyl groups excluding tert-OH is 1. The van der Waals surface area contributed by atoms with Crippen LogP contribution in [0, 0.1) is 0 Å². The molecule has 0 aliphatic rings. The van der Waals surface area contributed by atoms with Crippen LogP contribution in [0.25, 0.3) is 0 Å². The van der Waals surface area contributed by atoms with Gasteiger partial charge in [-0.15, -0.1) is 0 Å². The highest BCUT2D eigenvalue weighted by Crippen LogP contribution is 2.14. The maximum Gasteiger partial charge on any atom is 0.331 e. The van der Waals surface area contributed by atoms with Gasteiger partial charge in [-0.05, 0) is 12.8 Å². The normalized spacial score (nSPS) is 11.8. The van der Waals surface area contributed by atoms with Gasteiger partial charge in [0, 0.05) is 25.0 Å². The first-order chi connectivity index (χ1) is 22.4. The van der Waals surface area contributed by atoms with Crippen molar-refractivity contribution in [2.75, 3.05) is 26.4 Å². The molecule has 0 saturated carbocycles. The molecule has 0 spiro atoms. The van der Waals surface area contributed by atoms with E-state index in [-0.39, 0.29) is 45.2 Å². The number of hydrogen-bond acceptors (Lipinski definition) is 9. The van der Waals surface area contributed by atoms with Gasteiger partial charge in [-0.3, -0.25) is 9.59 Å². The predicted octanol–water partition coefficient (Wildman–Crippen LogP) is 8.48. The molecule has 9 nitrogen and oxygen atoms in total. The number of unbranched alkanes of at least 4 members (excludes halogenated alkanes) is 20. The number of hydrogen-bond donors (Lipinski definition) is 1. The van der Waals surface area contributed by atoms with E-state index >= 15 is 0 Å². The van der Waals surface area contributed by atoms with Gasteiger partial charge in [0.1, 0.15) is 19.8 Å². The van der Waals surface area contributed by atoms with Crippen LogP contribution in [0.5, 0.6) is 0 Å². The summed E-state index contributed by atoms with van der Waals surface area (Å²) in [7, 11) is 0. The van der Waals surface area contributed by atoms with Gasteiger partial charge in [-0.25, -0.2) is 9.59 Å². The van der Waals surface area contributed by atoms with Crippen LogP contribution in [0.15, 0.2) is 12.2 Å². The number of rotatable bonds is 33. The van der Waals surface area contributed by atoms with Gasteiger partial charge < -0.3 is 24.1 Å². The molecule has 0 bridgehead atoms. The molecular formula is C37H66O9. The second kappa shape index (κ2) is 33.9. The summed E-state index contributed by atoms with van der Waals surface area (Å²) in [5, 5.41) is 8.70. The highest BCUT2D eigenvalue weighted by Gasteiger charge is 2.19. The minimum absolute atomic E-state index is 0.181. The van der Waals surface area contributed by atoms with E-state index in [0.717, 1.165) is 50.7 Å². The summed E-state index contributed by atoms with van der Waals surface area (Å²) >= 11 is 0. The molecule has 1 unspecified atom stereocenters. The van der Waals surface area contributed by atoms with Crippen molar-refractivity contribution in [3.05, 3.63) is 12.2 Å². The fourth-order valence-corrected chi connectivity index (χ4v) is 5.04. The SMILES string of the molecule is CCCCCCCCCCCCCC(=O)OCC(COC(=O)/C=C\C(=O)OCCO)OC(=O)CCCCCCCCCCCCC. The molecule has 0 aromatic heterocycles. The van der Waals surface area contributed by atoms with Crippen LogP contribution in [0.2, 0.25) is 0 Å². The molecule has 0 heterocycles. The maximum atomic E-state index is 12.5. The Morgan fingerprint density at radius 3 is 1.30 bits per heavy atom. The minimum atomic E-state index is -0.944. The second-order valence-corrected chi connectivity index (χ2v) is 12.2. The third-order valence-electron chi connectivity index (χ3n) is 7.80. The Bertz CT molecular complexity index is 781. The molecule has 0 fully saturated rings. The van der Waals surface area contributed by atoms with Crippen molar-refractivity contribution in [1.29, 1.82) is 0 Å². The topological polar surface area (TPSA) is 125 Å². The number of esters is 4. The molecule has 0 saturated heterocycles. The van der Waals surface area contributed by atoms with Gasteiger partial charge in [0.2, 0.25) is 0 Å². The van der Waals surface area contributed by atoms with Crippen LogP contribution in [0.3, 0.4) is 0 Å². The standard InChI is InChI=1S/C37H66O9/c1-3-5-7-9-11-13-15-17-19-21-23-25-34(39)44-31-33(32-45-36(41)28-27-35(40)43-30-29-38)46-37(42)26-24-22-20-18-16-14-12-10-8-6-4-2/h27-28,33,38H,3-26,29-32H2,1-2H3/b28-27-. The van der Waals surface area contributed by atoms with Crippen molar-refractivity contribution in [1.82, 2.24) is 0 Å². The van der Waals surface area contributed by atoms with Crippen LogP contribution in [-0.2, 0) is 38.1 Å². The molecule has 268 valence electrons. The quantitative estimate of drug-likeness (QED) is 0.0321. The summed E-state index contributed by atoms with van der Waals surface area (Å²) in [6.07, 6.45) is 27.3. The molecule has 0 amide bonds. The average Bonchev–Trinajstić information content (AvgIpc) is 3.05. The molecule has 0 aliphatic heterocycles. The van der Waals surface area contributed by atoms with Crippen molar-refractivity contribution in [2.45, 2.75) is 174 Å². The summed E-state index contributed by atoms with van der Waals surface area (Å²) in [5.41, 5.74) is 0. The van der Waals surface area contributed by atoms with Gasteiger partial charge in [0.25, 0.3) is 0 Å². The lowest BCUT2D eigenvalue weighted by molar-refractivity contribution is -0.165. The van der Waals surface area contributed by atoms with Gasteiger partial charge in [0.05, 0.1) is 6.61 Å². The van der Waals surface area contributed by atoms with Gasteiger partial charge in [-0.2, -0.15) is 0 Å². The van der Waals surface area contributed by atoms with Gasteiger partial charge in [0.15, 0.2) is 6.10 Å². The molecular weight excluding hydrogens is 588 g/mol. The third kappa shape index (κ3) is 31.6. The highest BCUT2D eigenvalue weighted by atomic mass is 16.6. The molecule has 1 atom stereocenters. The lowest BCUT2D eigenvalue weighted by Crippen LogP contribution is -2.30. The zero-order chi connectivity index (χ0) is 33.9. The molecule has 9 heteroatoms. The summed E-state index contributed by atoms with van der Waals surface area (Å²) < 4.78 is 20.6. The number of ether oxygens (including phenoxy) is 4. The summed E-state index contributed by atoms with van der Waals surface area (Å²) in [5.74, 6) is -2.43. The largest absolute Gasteiger partial charge is 0.462 e. The van der Waals surface area contributed by atoms with Crippen molar-refractivity contribution in [3.8, 4) is 0 Å². The van der Waals surface area contributed by atoms with Crippen molar-refractivity contribution in [2.24, 2.45) is 0 Å². The molecule has 1 N–H and O–H groups in total. The van der Waals surface area contributed by atoms with Gasteiger partial charge in [-0.1, -0.05) is 142 Å². The monoisotopic (exact) mass is 654 g/mol. The molecule has 0 aromatic rings. The Morgan fingerprint density at radius 1 is 0.500 bits per heavy atom. The highest BCUT2D eigenvalue weighted by molar-refractivity contribution is 5.91. The Balaban J connectivity index is 4.40. The Labute approximate surface area is 279 Å². The van der Waals surface area contributed by atoms with Crippen molar-refractivity contribution in [3.63, 3.8) is 0 Å². The zero-order valence-electron chi connectivity index (χ0n) is 29.2. The summed E-state index contributed by atoms with van der Waals surface area (Å²) in [6.45, 7) is 3.42. The lowest BCUT2D eigenvalue weighted by Gasteiger charge is -2.18. The smallest absolute Gasteiger partial charge is 0.331 e. The average molecular weight is 655 g/mol. The number of carbonyl (C=O) groups is 4. The summed E-state index contributed by atoms with van der Waals surface area (Å²) in [6, 6.07) is 0.